The summed E-state index contributed by atoms with van der Waals surface area (Å²) < 4.78 is 15.5. The van der Waals surface area contributed by atoms with Crippen LogP contribution < -0.4 is 0 Å². The lowest BCUT2D eigenvalue weighted by Gasteiger charge is -2.21. The molecule has 3 heteroatoms. The van der Waals surface area contributed by atoms with Gasteiger partial charge in [-0.2, -0.15) is 0 Å². The maximum absolute atomic E-state index is 13.3. The van der Waals surface area contributed by atoms with Crippen molar-refractivity contribution >= 4 is 10.9 Å². The normalized spacial score (nSPS) is 13.5. The third-order valence-electron chi connectivity index (χ3n) is 3.36. The van der Waals surface area contributed by atoms with Crippen LogP contribution in [0.1, 0.15) is 12.5 Å². The fourth-order valence-electron chi connectivity index (χ4n) is 2.13. The highest BCUT2D eigenvalue weighted by Crippen LogP contribution is 2.22. The molecule has 0 aliphatic rings. The maximum Gasteiger partial charge on any atom is 0.124 e. The number of nitrogens with zero attached hydrogens (tertiary/aromatic N) is 2. The molecule has 0 saturated carbocycles. The van der Waals surface area contributed by atoms with E-state index in [1.54, 1.807) is 12.1 Å². The van der Waals surface area contributed by atoms with Crippen LogP contribution in [-0.2, 0) is 6.54 Å². The number of halogens is 1. The molecule has 2 rings (SSSR count). The Hall–Kier alpha value is -1.35. The molecular formula is C14H19FN2. The Morgan fingerprint density at radius 2 is 2.06 bits per heavy atom. The van der Waals surface area contributed by atoms with Gasteiger partial charge in [0.05, 0.1) is 5.52 Å². The molecular weight excluding hydrogens is 215 g/mol. The third kappa shape index (κ3) is 2.34. The Kier molecular flexibility index (Phi) is 3.20. The molecule has 1 heterocycles. The summed E-state index contributed by atoms with van der Waals surface area (Å²) in [5.41, 5.74) is 2.14. The van der Waals surface area contributed by atoms with Gasteiger partial charge in [-0.15, -0.1) is 0 Å². The molecule has 0 radical (unpaired) electrons. The van der Waals surface area contributed by atoms with Crippen LogP contribution in [0, 0.1) is 12.7 Å². The first-order valence-corrected chi connectivity index (χ1v) is 5.90. The van der Waals surface area contributed by atoms with Crippen LogP contribution in [-0.4, -0.2) is 29.6 Å². The van der Waals surface area contributed by atoms with E-state index >= 15 is 0 Å². The molecule has 1 unspecified atom stereocenters. The Morgan fingerprint density at radius 3 is 2.71 bits per heavy atom. The van der Waals surface area contributed by atoms with Crippen LogP contribution >= 0.6 is 0 Å². The van der Waals surface area contributed by atoms with Crippen LogP contribution in [0.25, 0.3) is 10.9 Å². The van der Waals surface area contributed by atoms with E-state index in [0.29, 0.717) is 6.04 Å². The van der Waals surface area contributed by atoms with Gasteiger partial charge in [0.1, 0.15) is 5.82 Å². The largest absolute Gasteiger partial charge is 0.346 e. The quantitative estimate of drug-likeness (QED) is 0.792. The van der Waals surface area contributed by atoms with Crippen LogP contribution in [0.5, 0.6) is 0 Å². The third-order valence-corrected chi connectivity index (χ3v) is 3.36. The molecule has 0 aliphatic heterocycles. The van der Waals surface area contributed by atoms with Gasteiger partial charge in [0.15, 0.2) is 0 Å². The van der Waals surface area contributed by atoms with Gasteiger partial charge in [-0.25, -0.2) is 4.39 Å². The second-order valence-electron chi connectivity index (χ2n) is 4.94. The summed E-state index contributed by atoms with van der Waals surface area (Å²) in [6.45, 7) is 5.07. The summed E-state index contributed by atoms with van der Waals surface area (Å²) in [5, 5.41) is 0.980. The molecule has 0 saturated heterocycles. The fraction of sp³-hybridized carbons (Fsp3) is 0.429. The molecule has 1 atom stereocenters. The number of likely N-dealkylation sites (N-methyl/N-ethyl adjacent to an activating group) is 1. The van der Waals surface area contributed by atoms with Gasteiger partial charge in [-0.1, -0.05) is 0 Å². The van der Waals surface area contributed by atoms with Crippen LogP contribution in [0.3, 0.4) is 0 Å². The van der Waals surface area contributed by atoms with Crippen LogP contribution in [0.4, 0.5) is 4.39 Å². The van der Waals surface area contributed by atoms with Gasteiger partial charge in [-0.3, -0.25) is 0 Å². The van der Waals surface area contributed by atoms with Gasteiger partial charge in [0.2, 0.25) is 0 Å². The minimum Gasteiger partial charge on any atom is -0.346 e. The highest BCUT2D eigenvalue weighted by atomic mass is 19.1. The number of fused-ring (bicyclic) bond motifs is 1. The maximum atomic E-state index is 13.3. The van der Waals surface area contributed by atoms with Crippen molar-refractivity contribution in [1.29, 1.82) is 0 Å². The van der Waals surface area contributed by atoms with E-state index in [4.69, 9.17) is 0 Å². The van der Waals surface area contributed by atoms with Crippen molar-refractivity contribution < 1.29 is 4.39 Å². The average Bonchev–Trinajstić information content (AvgIpc) is 2.60. The first-order chi connectivity index (χ1) is 7.99. The van der Waals surface area contributed by atoms with Gasteiger partial charge in [0.25, 0.3) is 0 Å². The molecule has 1 aromatic heterocycles. The average molecular weight is 234 g/mol. The zero-order chi connectivity index (χ0) is 12.6. The number of aromatic nitrogens is 1. The molecule has 0 N–H and O–H groups in total. The predicted molar refractivity (Wildman–Crippen MR) is 69.8 cm³/mol. The Balaban J connectivity index is 2.42. The first-order valence-electron chi connectivity index (χ1n) is 5.90. The number of benzene rings is 1. The molecule has 92 valence electrons. The zero-order valence-corrected chi connectivity index (χ0v) is 10.9. The summed E-state index contributed by atoms with van der Waals surface area (Å²) in [7, 11) is 4.14. The number of aryl methyl sites for hydroxylation is 1. The predicted octanol–water partition coefficient (Wildman–Crippen LogP) is 3.04. The molecule has 17 heavy (non-hydrogen) atoms. The molecule has 0 bridgehead atoms. The van der Waals surface area contributed by atoms with Crippen molar-refractivity contribution in [2.45, 2.75) is 26.4 Å². The summed E-state index contributed by atoms with van der Waals surface area (Å²) in [6, 6.07) is 5.63. The highest BCUT2D eigenvalue weighted by Gasteiger charge is 2.10. The van der Waals surface area contributed by atoms with Gasteiger partial charge < -0.3 is 9.47 Å². The zero-order valence-electron chi connectivity index (χ0n) is 10.9. The van der Waals surface area contributed by atoms with Crippen molar-refractivity contribution in [2.24, 2.45) is 0 Å². The van der Waals surface area contributed by atoms with E-state index in [2.05, 4.69) is 30.5 Å². The van der Waals surface area contributed by atoms with Crippen LogP contribution in [0.2, 0.25) is 0 Å². The molecule has 0 amide bonds. The molecule has 2 aromatic rings. The number of rotatable bonds is 3. The smallest absolute Gasteiger partial charge is 0.124 e. The van der Waals surface area contributed by atoms with Gasteiger partial charge in [-0.05, 0) is 51.7 Å². The van der Waals surface area contributed by atoms with E-state index in [1.165, 1.54) is 0 Å². The second-order valence-corrected chi connectivity index (χ2v) is 4.94. The van der Waals surface area contributed by atoms with E-state index in [-0.39, 0.29) is 5.82 Å². The minimum absolute atomic E-state index is 0.159. The lowest BCUT2D eigenvalue weighted by Crippen LogP contribution is -2.28. The molecule has 0 fully saturated rings. The van der Waals surface area contributed by atoms with Crippen molar-refractivity contribution in [3.8, 4) is 0 Å². The summed E-state index contributed by atoms with van der Waals surface area (Å²) in [6.07, 6.45) is 2.04. The van der Waals surface area contributed by atoms with Crippen molar-refractivity contribution in [1.82, 2.24) is 9.47 Å². The Labute approximate surface area is 102 Å². The van der Waals surface area contributed by atoms with E-state index < -0.39 is 0 Å². The monoisotopic (exact) mass is 234 g/mol. The summed E-state index contributed by atoms with van der Waals surface area (Å²) >= 11 is 0. The second kappa shape index (κ2) is 4.49. The van der Waals surface area contributed by atoms with Crippen molar-refractivity contribution in [2.75, 3.05) is 14.1 Å². The van der Waals surface area contributed by atoms with Crippen molar-refractivity contribution in [3.63, 3.8) is 0 Å². The van der Waals surface area contributed by atoms with Crippen LogP contribution in [0.15, 0.2) is 24.4 Å². The topological polar surface area (TPSA) is 8.17 Å². The molecule has 0 spiro atoms. The molecule has 2 nitrogen and oxygen atoms in total. The lowest BCUT2D eigenvalue weighted by molar-refractivity contribution is 0.286. The Bertz CT molecular complexity index is 528. The van der Waals surface area contributed by atoms with Gasteiger partial charge in [0, 0.05) is 24.2 Å². The van der Waals surface area contributed by atoms with E-state index in [9.17, 15) is 4.39 Å². The first kappa shape index (κ1) is 12.1. The van der Waals surface area contributed by atoms with E-state index in [0.717, 1.165) is 23.0 Å². The molecule has 1 aromatic carbocycles. The fourth-order valence-corrected chi connectivity index (χ4v) is 2.13. The van der Waals surface area contributed by atoms with Crippen molar-refractivity contribution in [3.05, 3.63) is 35.8 Å². The van der Waals surface area contributed by atoms with E-state index in [1.807, 2.05) is 19.2 Å². The molecule has 0 aliphatic carbocycles. The highest BCUT2D eigenvalue weighted by molar-refractivity contribution is 5.83. The number of hydrogen-bond donors (Lipinski definition) is 0. The standard InChI is InChI=1S/C14H19FN2/c1-10-7-13(15)8-12-5-6-17(14(10)12)9-11(2)16(3)4/h5-8,11H,9H2,1-4H3. The summed E-state index contributed by atoms with van der Waals surface area (Å²) in [4.78, 5) is 2.19. The summed E-state index contributed by atoms with van der Waals surface area (Å²) in [5.74, 6) is -0.159. The van der Waals surface area contributed by atoms with Gasteiger partial charge >= 0.3 is 0 Å². The number of hydrogen-bond acceptors (Lipinski definition) is 1. The Morgan fingerprint density at radius 1 is 1.35 bits per heavy atom. The minimum atomic E-state index is -0.159. The lowest BCUT2D eigenvalue weighted by atomic mass is 10.1. The SMILES string of the molecule is Cc1cc(F)cc2ccn(CC(C)N(C)C)c12.